The summed E-state index contributed by atoms with van der Waals surface area (Å²) in [4.78, 5) is 36.2. The molecule has 8 heteroatoms. The van der Waals surface area contributed by atoms with E-state index in [1.54, 1.807) is 32.5 Å². The second kappa shape index (κ2) is 8.70. The van der Waals surface area contributed by atoms with E-state index in [9.17, 15) is 9.59 Å². The molecule has 0 radical (unpaired) electrons. The number of nitrogens with one attached hydrogen (secondary N) is 1. The van der Waals surface area contributed by atoms with Crippen molar-refractivity contribution in [2.45, 2.75) is 57.9 Å². The van der Waals surface area contributed by atoms with Gasteiger partial charge in [-0.05, 0) is 58.4 Å². The van der Waals surface area contributed by atoms with Gasteiger partial charge in [-0.3, -0.25) is 14.6 Å². The van der Waals surface area contributed by atoms with Crippen LogP contribution < -0.4 is 15.0 Å². The van der Waals surface area contributed by atoms with Crippen molar-refractivity contribution in [2.75, 3.05) is 18.6 Å². The SMILES string of the molecule is COc1cc2c(cn1)C(C)(C)C(=O)N2CC1CCC(NC(=O)c2cc(Cl)cnc2C)CC1. The molecule has 4 rings (SSSR count). The number of halogens is 1. The van der Waals surface area contributed by atoms with Gasteiger partial charge in [-0.1, -0.05) is 11.6 Å². The average Bonchev–Trinajstić information content (AvgIpc) is 2.96. The van der Waals surface area contributed by atoms with E-state index in [1.165, 1.54) is 0 Å². The van der Waals surface area contributed by atoms with E-state index in [2.05, 4.69) is 15.3 Å². The van der Waals surface area contributed by atoms with Crippen LogP contribution in [-0.2, 0) is 10.2 Å². The Balaban J connectivity index is 1.39. The van der Waals surface area contributed by atoms with Crippen LogP contribution in [0.5, 0.6) is 5.88 Å². The average molecular weight is 457 g/mol. The van der Waals surface area contributed by atoms with Gasteiger partial charge in [-0.25, -0.2) is 4.98 Å². The highest BCUT2D eigenvalue weighted by atomic mass is 35.5. The van der Waals surface area contributed by atoms with Crippen LogP contribution in [0.4, 0.5) is 5.69 Å². The first-order valence-electron chi connectivity index (χ1n) is 11.0. The number of aryl methyl sites for hydroxylation is 1. The number of amides is 2. The summed E-state index contributed by atoms with van der Waals surface area (Å²) in [7, 11) is 1.58. The van der Waals surface area contributed by atoms with Crippen molar-refractivity contribution in [3.63, 3.8) is 0 Å². The molecule has 1 aliphatic carbocycles. The summed E-state index contributed by atoms with van der Waals surface area (Å²) in [6, 6.07) is 3.63. The van der Waals surface area contributed by atoms with Gasteiger partial charge in [0.05, 0.1) is 34.5 Å². The predicted molar refractivity (Wildman–Crippen MR) is 123 cm³/mol. The molecule has 2 amide bonds. The van der Waals surface area contributed by atoms with Gasteiger partial charge in [-0.15, -0.1) is 0 Å². The standard InChI is InChI=1S/C24H29ClN4O3/c1-14-18(9-16(25)11-26-14)22(30)28-17-7-5-15(6-8-17)13-29-20-10-21(32-4)27-12-19(20)24(2,3)23(29)31/h9-12,15,17H,5-8,13H2,1-4H3,(H,28,30). The van der Waals surface area contributed by atoms with E-state index in [0.717, 1.165) is 36.9 Å². The summed E-state index contributed by atoms with van der Waals surface area (Å²) in [5.74, 6) is 0.854. The van der Waals surface area contributed by atoms with Crippen LogP contribution in [0.2, 0.25) is 5.02 Å². The lowest BCUT2D eigenvalue weighted by atomic mass is 9.85. The number of rotatable bonds is 5. The quantitative estimate of drug-likeness (QED) is 0.733. The molecule has 0 bridgehead atoms. The van der Waals surface area contributed by atoms with Gasteiger partial charge in [0.1, 0.15) is 0 Å². The van der Waals surface area contributed by atoms with Crippen LogP contribution >= 0.6 is 11.6 Å². The number of hydrogen-bond acceptors (Lipinski definition) is 5. The molecule has 0 unspecified atom stereocenters. The van der Waals surface area contributed by atoms with Gasteiger partial charge in [0, 0.05) is 36.6 Å². The third-order valence-electron chi connectivity index (χ3n) is 6.73. The van der Waals surface area contributed by atoms with Gasteiger partial charge in [-0.2, -0.15) is 0 Å². The minimum Gasteiger partial charge on any atom is -0.481 e. The normalized spacial score (nSPS) is 21.9. The van der Waals surface area contributed by atoms with E-state index in [4.69, 9.17) is 16.3 Å². The van der Waals surface area contributed by atoms with Crippen molar-refractivity contribution in [1.82, 2.24) is 15.3 Å². The highest BCUT2D eigenvalue weighted by Crippen LogP contribution is 2.43. The van der Waals surface area contributed by atoms with Crippen molar-refractivity contribution < 1.29 is 14.3 Å². The van der Waals surface area contributed by atoms with E-state index in [0.29, 0.717) is 34.6 Å². The van der Waals surface area contributed by atoms with E-state index < -0.39 is 5.41 Å². The summed E-state index contributed by atoms with van der Waals surface area (Å²) in [6.45, 7) is 6.36. The largest absolute Gasteiger partial charge is 0.481 e. The smallest absolute Gasteiger partial charge is 0.253 e. The van der Waals surface area contributed by atoms with Gasteiger partial charge >= 0.3 is 0 Å². The summed E-state index contributed by atoms with van der Waals surface area (Å²) < 4.78 is 5.28. The first-order valence-corrected chi connectivity index (χ1v) is 11.4. The number of hydrogen-bond donors (Lipinski definition) is 1. The molecule has 0 spiro atoms. The number of fused-ring (bicyclic) bond motifs is 1. The molecule has 3 heterocycles. The molecule has 2 aliphatic rings. The van der Waals surface area contributed by atoms with Crippen LogP contribution in [0.15, 0.2) is 24.5 Å². The number of methoxy groups -OCH3 is 1. The molecule has 1 aliphatic heterocycles. The molecule has 0 aromatic carbocycles. The molecule has 7 nitrogen and oxygen atoms in total. The molecule has 1 N–H and O–H groups in total. The summed E-state index contributed by atoms with van der Waals surface area (Å²) >= 11 is 6.00. The summed E-state index contributed by atoms with van der Waals surface area (Å²) in [6.07, 6.45) is 6.94. The summed E-state index contributed by atoms with van der Waals surface area (Å²) in [5.41, 5.74) is 2.42. The first kappa shape index (κ1) is 22.5. The molecule has 1 fully saturated rings. The van der Waals surface area contributed by atoms with Crippen LogP contribution in [-0.4, -0.2) is 41.5 Å². The number of nitrogens with zero attached hydrogens (tertiary/aromatic N) is 3. The molecule has 2 aromatic heterocycles. The molecule has 0 saturated heterocycles. The minimum absolute atomic E-state index is 0.0990. The molecular weight excluding hydrogens is 428 g/mol. The molecule has 170 valence electrons. The Kier molecular flexibility index (Phi) is 6.12. The van der Waals surface area contributed by atoms with Crippen molar-refractivity contribution in [3.8, 4) is 5.88 Å². The highest BCUT2D eigenvalue weighted by Gasteiger charge is 2.45. The number of aromatic nitrogens is 2. The molecule has 1 saturated carbocycles. The number of carbonyl (C=O) groups excluding carboxylic acids is 2. The van der Waals surface area contributed by atoms with E-state index in [-0.39, 0.29) is 17.9 Å². The zero-order valence-corrected chi connectivity index (χ0v) is 19.7. The number of carbonyl (C=O) groups is 2. The van der Waals surface area contributed by atoms with E-state index in [1.807, 2.05) is 24.8 Å². The summed E-state index contributed by atoms with van der Waals surface area (Å²) in [5, 5.41) is 3.58. The van der Waals surface area contributed by atoms with Crippen molar-refractivity contribution >= 4 is 29.1 Å². The fourth-order valence-electron chi connectivity index (χ4n) is 4.73. The second-order valence-electron chi connectivity index (χ2n) is 9.26. The van der Waals surface area contributed by atoms with Crippen LogP contribution in [0.25, 0.3) is 0 Å². The third-order valence-corrected chi connectivity index (χ3v) is 6.94. The Morgan fingerprint density at radius 1 is 1.22 bits per heavy atom. The van der Waals surface area contributed by atoms with Crippen molar-refractivity contribution in [1.29, 1.82) is 0 Å². The van der Waals surface area contributed by atoms with Gasteiger partial charge in [0.2, 0.25) is 11.8 Å². The van der Waals surface area contributed by atoms with Crippen LogP contribution in [0, 0.1) is 12.8 Å². The molecule has 2 aromatic rings. The zero-order chi connectivity index (χ0) is 23.0. The molecular formula is C24H29ClN4O3. The number of anilines is 1. The van der Waals surface area contributed by atoms with Crippen LogP contribution in [0.3, 0.4) is 0 Å². The maximum Gasteiger partial charge on any atom is 0.253 e. The first-order chi connectivity index (χ1) is 15.2. The monoisotopic (exact) mass is 456 g/mol. The molecule has 32 heavy (non-hydrogen) atoms. The Hall–Kier alpha value is -2.67. The lowest BCUT2D eigenvalue weighted by molar-refractivity contribution is -0.122. The fourth-order valence-corrected chi connectivity index (χ4v) is 4.89. The Morgan fingerprint density at radius 3 is 2.62 bits per heavy atom. The number of ether oxygens (including phenoxy) is 1. The highest BCUT2D eigenvalue weighted by molar-refractivity contribution is 6.30. The van der Waals surface area contributed by atoms with Crippen LogP contribution in [0.1, 0.15) is 61.1 Å². The van der Waals surface area contributed by atoms with E-state index >= 15 is 0 Å². The number of pyridine rings is 2. The van der Waals surface area contributed by atoms with Crippen molar-refractivity contribution in [3.05, 3.63) is 46.4 Å². The maximum atomic E-state index is 13.2. The second-order valence-corrected chi connectivity index (χ2v) is 9.70. The lowest BCUT2D eigenvalue weighted by Crippen LogP contribution is -2.42. The van der Waals surface area contributed by atoms with Crippen molar-refractivity contribution in [2.24, 2.45) is 5.92 Å². The Bertz CT molecular complexity index is 1050. The van der Waals surface area contributed by atoms with Gasteiger partial charge in [0.25, 0.3) is 5.91 Å². The maximum absolute atomic E-state index is 13.2. The molecule has 0 atom stereocenters. The predicted octanol–water partition coefficient (Wildman–Crippen LogP) is 4.06. The van der Waals surface area contributed by atoms with Gasteiger partial charge in [0.15, 0.2) is 0 Å². The van der Waals surface area contributed by atoms with Gasteiger partial charge < -0.3 is 15.0 Å². The minimum atomic E-state index is -0.595. The zero-order valence-electron chi connectivity index (χ0n) is 18.9. The lowest BCUT2D eigenvalue weighted by Gasteiger charge is -2.32. The Morgan fingerprint density at radius 2 is 1.94 bits per heavy atom. The third kappa shape index (κ3) is 4.18. The fraction of sp³-hybridized carbons (Fsp3) is 0.500. The Labute approximate surface area is 193 Å². The topological polar surface area (TPSA) is 84.4 Å².